The number of hydrogen-bond acceptors (Lipinski definition) is 2. The molecule has 0 aliphatic carbocycles. The van der Waals surface area contributed by atoms with Crippen LogP contribution in [0.1, 0.15) is 5.56 Å². The lowest BCUT2D eigenvalue weighted by Crippen LogP contribution is -3.00. The minimum atomic E-state index is 0. The summed E-state index contributed by atoms with van der Waals surface area (Å²) in [5, 5.41) is 4.15. The van der Waals surface area contributed by atoms with Crippen molar-refractivity contribution in [2.45, 2.75) is 6.42 Å². The van der Waals surface area contributed by atoms with Gasteiger partial charge in [0.25, 0.3) is 0 Å². The molecule has 0 N–H and O–H groups in total. The predicted octanol–water partition coefficient (Wildman–Crippen LogP) is 0.190. The van der Waals surface area contributed by atoms with Gasteiger partial charge >= 0.3 is 0 Å². The van der Waals surface area contributed by atoms with Gasteiger partial charge in [0.05, 0.1) is 6.42 Å². The van der Waals surface area contributed by atoms with Crippen LogP contribution in [0.25, 0.3) is 10.8 Å². The first kappa shape index (κ1) is 16.8. The monoisotopic (exact) mass is 413 g/mol. The van der Waals surface area contributed by atoms with E-state index in [1.54, 1.807) is 0 Å². The van der Waals surface area contributed by atoms with Crippen molar-refractivity contribution < 1.29 is 33.3 Å². The molecule has 4 heteroatoms. The molecule has 0 bridgehead atoms. The Morgan fingerprint density at radius 3 is 2.57 bits per heavy atom. The first-order valence-corrected chi connectivity index (χ1v) is 8.30. The summed E-state index contributed by atoms with van der Waals surface area (Å²) in [4.78, 5) is 0. The largest absolute Gasteiger partial charge is 1.00 e. The fraction of sp³-hybridized carbons (Fsp3) is 0.353. The molecule has 1 saturated heterocycles. The quantitative estimate of drug-likeness (QED) is 0.396. The molecule has 0 spiro atoms. The summed E-state index contributed by atoms with van der Waals surface area (Å²) in [5.74, 6) is 0. The summed E-state index contributed by atoms with van der Waals surface area (Å²) in [7, 11) is 0. The Kier molecular flexibility index (Phi) is 6.51. The second-order valence-corrected chi connectivity index (χ2v) is 5.89. The van der Waals surface area contributed by atoms with E-state index < -0.39 is 0 Å². The average Bonchev–Trinajstić information content (AvgIpc) is 2.53. The van der Waals surface area contributed by atoms with E-state index >= 15 is 0 Å². The Bertz CT molecular complexity index is 628. The van der Waals surface area contributed by atoms with Crippen molar-refractivity contribution in [3.05, 3.63) is 48.0 Å². The topological polar surface area (TPSA) is 12.2 Å². The van der Waals surface area contributed by atoms with Gasteiger partial charge in [-0.3, -0.25) is 0 Å². The van der Waals surface area contributed by atoms with Crippen LogP contribution in [0.5, 0.6) is 0 Å². The van der Waals surface area contributed by atoms with Crippen LogP contribution in [0.2, 0.25) is 0 Å². The van der Waals surface area contributed by atoms with Crippen molar-refractivity contribution in [1.29, 1.82) is 0 Å². The number of hydrogen-bond donors (Lipinski definition) is 0. The summed E-state index contributed by atoms with van der Waals surface area (Å²) < 4.78 is 7.92. The third kappa shape index (κ3) is 3.99. The van der Waals surface area contributed by atoms with E-state index in [2.05, 4.69) is 53.3 Å². The highest BCUT2D eigenvalue weighted by Crippen LogP contribution is 2.20. The van der Waals surface area contributed by atoms with Gasteiger partial charge in [-0.15, -0.1) is 0 Å². The van der Waals surface area contributed by atoms with Crippen LogP contribution in [-0.4, -0.2) is 42.2 Å². The first-order valence-electron chi connectivity index (χ1n) is 7.07. The number of fused-ring (bicyclic) bond motifs is 1. The Hall–Kier alpha value is -0.590. The van der Waals surface area contributed by atoms with Crippen LogP contribution in [0.4, 0.5) is 0 Å². The van der Waals surface area contributed by atoms with Gasteiger partial charge in [0.1, 0.15) is 13.2 Å². The standard InChI is InChI=1S/C17H20NOS.HI/c1-20-17(18-9-11-19-12-10-18)13-15-7-4-6-14-5-2-3-8-16(14)15;/h2-8H,9-13H2,1H3;1H/q+1;/p-1. The Morgan fingerprint density at radius 2 is 1.81 bits per heavy atom. The Balaban J connectivity index is 0.00000161. The van der Waals surface area contributed by atoms with Crippen LogP contribution in [0.3, 0.4) is 0 Å². The van der Waals surface area contributed by atoms with Gasteiger partial charge in [0.2, 0.25) is 5.04 Å². The van der Waals surface area contributed by atoms with E-state index in [0.717, 1.165) is 32.7 Å². The summed E-state index contributed by atoms with van der Waals surface area (Å²) in [6.45, 7) is 3.72. The molecule has 0 unspecified atom stereocenters. The smallest absolute Gasteiger partial charge is 0.214 e. The van der Waals surface area contributed by atoms with Crippen molar-refractivity contribution in [1.82, 2.24) is 0 Å². The van der Waals surface area contributed by atoms with Crippen molar-refractivity contribution in [3.63, 3.8) is 0 Å². The highest BCUT2D eigenvalue weighted by Gasteiger charge is 2.18. The van der Waals surface area contributed by atoms with Crippen molar-refractivity contribution in [3.8, 4) is 0 Å². The molecule has 2 aromatic rings. The van der Waals surface area contributed by atoms with Gasteiger partial charge in [-0.05, 0) is 22.6 Å². The Labute approximate surface area is 147 Å². The normalized spacial score (nSPS) is 14.8. The molecule has 2 aromatic carbocycles. The molecule has 0 aromatic heterocycles. The lowest BCUT2D eigenvalue weighted by atomic mass is 10.0. The molecule has 0 saturated carbocycles. The van der Waals surface area contributed by atoms with Gasteiger partial charge in [0, 0.05) is 0 Å². The lowest BCUT2D eigenvalue weighted by Gasteiger charge is -2.14. The number of rotatable bonds is 2. The zero-order valence-corrected chi connectivity index (χ0v) is 15.2. The fourth-order valence-corrected chi connectivity index (χ4v) is 3.48. The highest BCUT2D eigenvalue weighted by atomic mass is 127. The summed E-state index contributed by atoms with van der Waals surface area (Å²) in [5.41, 5.74) is 1.42. The van der Waals surface area contributed by atoms with E-state index in [1.807, 2.05) is 11.8 Å². The molecule has 3 rings (SSSR count). The van der Waals surface area contributed by atoms with Gasteiger partial charge in [-0.1, -0.05) is 54.2 Å². The number of nitrogens with zero attached hydrogens (tertiary/aromatic N) is 1. The first-order chi connectivity index (χ1) is 9.88. The minimum Gasteiger partial charge on any atom is -1.00 e. The average molecular weight is 413 g/mol. The number of ether oxygens (including phenoxy) is 1. The maximum atomic E-state index is 5.45. The Morgan fingerprint density at radius 1 is 1.10 bits per heavy atom. The predicted molar refractivity (Wildman–Crippen MR) is 87.0 cm³/mol. The molecule has 0 atom stereocenters. The van der Waals surface area contributed by atoms with Gasteiger partial charge in [-0.2, -0.15) is 0 Å². The number of halogens is 1. The molecule has 21 heavy (non-hydrogen) atoms. The molecule has 1 aliphatic heterocycles. The van der Waals surface area contributed by atoms with E-state index in [1.165, 1.54) is 21.4 Å². The molecule has 0 radical (unpaired) electrons. The van der Waals surface area contributed by atoms with Crippen molar-refractivity contribution >= 4 is 27.6 Å². The van der Waals surface area contributed by atoms with Crippen LogP contribution >= 0.6 is 11.8 Å². The molecule has 1 fully saturated rings. The maximum Gasteiger partial charge on any atom is 0.214 e. The molecule has 112 valence electrons. The SMILES string of the molecule is CSC(Cc1cccc2ccccc12)=[N+]1CCOCC1.[I-]. The van der Waals surface area contributed by atoms with E-state index in [-0.39, 0.29) is 24.0 Å². The van der Waals surface area contributed by atoms with Gasteiger partial charge in [-0.25, -0.2) is 4.58 Å². The van der Waals surface area contributed by atoms with E-state index in [0.29, 0.717) is 0 Å². The minimum absolute atomic E-state index is 0. The molecular weight excluding hydrogens is 393 g/mol. The summed E-state index contributed by atoms with van der Waals surface area (Å²) in [6.07, 6.45) is 3.19. The van der Waals surface area contributed by atoms with Crippen molar-refractivity contribution in [2.24, 2.45) is 0 Å². The lowest BCUT2D eigenvalue weighted by molar-refractivity contribution is -0.547. The fourth-order valence-electron chi connectivity index (χ4n) is 2.74. The zero-order valence-electron chi connectivity index (χ0n) is 12.2. The third-order valence-electron chi connectivity index (χ3n) is 3.82. The third-order valence-corrected chi connectivity index (χ3v) is 4.69. The second-order valence-electron chi connectivity index (χ2n) is 5.01. The van der Waals surface area contributed by atoms with Gasteiger partial charge in [0.15, 0.2) is 13.1 Å². The highest BCUT2D eigenvalue weighted by molar-refractivity contribution is 8.13. The number of thioether (sulfide) groups is 1. The molecule has 1 heterocycles. The maximum absolute atomic E-state index is 5.45. The zero-order chi connectivity index (χ0) is 13.8. The van der Waals surface area contributed by atoms with Crippen LogP contribution in [0.15, 0.2) is 42.5 Å². The molecule has 0 amide bonds. The number of benzene rings is 2. The van der Waals surface area contributed by atoms with E-state index in [9.17, 15) is 0 Å². The molecule has 1 aliphatic rings. The van der Waals surface area contributed by atoms with Crippen LogP contribution in [0, 0.1) is 0 Å². The number of morpholine rings is 1. The van der Waals surface area contributed by atoms with Crippen molar-refractivity contribution in [2.75, 3.05) is 32.6 Å². The molecular formula is C17H20INOS. The molecule has 2 nitrogen and oxygen atoms in total. The van der Waals surface area contributed by atoms with Crippen LogP contribution < -0.4 is 24.0 Å². The van der Waals surface area contributed by atoms with E-state index in [4.69, 9.17) is 4.74 Å². The van der Waals surface area contributed by atoms with Crippen LogP contribution in [-0.2, 0) is 11.2 Å². The second kappa shape index (κ2) is 8.15. The summed E-state index contributed by atoms with van der Waals surface area (Å²) in [6, 6.07) is 15.2. The summed E-state index contributed by atoms with van der Waals surface area (Å²) >= 11 is 1.87. The van der Waals surface area contributed by atoms with Gasteiger partial charge < -0.3 is 28.7 Å².